The van der Waals surface area contributed by atoms with Crippen LogP contribution in [0.3, 0.4) is 0 Å². The number of rotatable bonds is 21. The number of aryl methyl sites for hydroxylation is 1. The van der Waals surface area contributed by atoms with Crippen LogP contribution >= 0.6 is 0 Å². The Morgan fingerprint density at radius 2 is 0.713 bits per heavy atom. The zero-order valence-electron chi connectivity index (χ0n) is 67.1. The van der Waals surface area contributed by atoms with Crippen molar-refractivity contribution in [1.82, 2.24) is 43.3 Å². The smallest absolute Gasteiger partial charge is 0.335 e. The molecule has 2 N–H and O–H groups in total. The molecule has 0 bridgehead atoms. The molecule has 0 atom stereocenters. The number of hydrogen-bond donors (Lipinski definition) is 2. The summed E-state index contributed by atoms with van der Waals surface area (Å²) in [5.74, 6) is 4.31. The number of fused-ring (bicyclic) bond motifs is 5. The van der Waals surface area contributed by atoms with Gasteiger partial charge in [-0.25, -0.2) is 24.1 Å². The molecule has 0 aliphatic heterocycles. The van der Waals surface area contributed by atoms with Crippen molar-refractivity contribution < 1.29 is 38.3 Å². The highest BCUT2D eigenvalue weighted by Crippen LogP contribution is 2.35. The van der Waals surface area contributed by atoms with Crippen LogP contribution in [0.2, 0.25) is 0 Å². The molecule has 580 valence electrons. The molecule has 17 heteroatoms. The lowest BCUT2D eigenvalue weighted by molar-refractivity contribution is 0.0696. The summed E-state index contributed by atoms with van der Waals surface area (Å²) in [4.78, 5) is 23.4. The molecule has 7 aromatic heterocycles. The molecule has 0 fully saturated rings. The van der Waals surface area contributed by atoms with E-state index in [0.717, 1.165) is 141 Å². The molecular weight excluding hydrogens is 1430 g/mol. The van der Waals surface area contributed by atoms with Gasteiger partial charge in [0.05, 0.1) is 101 Å². The van der Waals surface area contributed by atoms with Crippen LogP contribution in [0.4, 0.5) is 0 Å². The van der Waals surface area contributed by atoms with Gasteiger partial charge in [0.1, 0.15) is 45.8 Å². The molecule has 10 aromatic carbocycles. The minimum atomic E-state index is -0.933. The van der Waals surface area contributed by atoms with E-state index in [1.807, 2.05) is 249 Å². The van der Waals surface area contributed by atoms with Crippen LogP contribution in [0, 0.1) is 6.92 Å². The number of carbonyl (C=O) groups is 1. The van der Waals surface area contributed by atoms with E-state index in [9.17, 15) is 4.79 Å². The number of carboxylic acid groups (broad SMARTS) is 1. The summed E-state index contributed by atoms with van der Waals surface area (Å²) in [5.41, 5.74) is 21.7. The largest absolute Gasteiger partial charge is 0.491 e. The van der Waals surface area contributed by atoms with Crippen LogP contribution in [0.5, 0.6) is 34.5 Å². The fraction of sp³-hybridized carbons (Fsp3) is 0.194. The quantitative estimate of drug-likeness (QED) is 0.0696. The number of nitrogens with zero attached hydrogens (tertiary/aromatic N) is 8. The van der Waals surface area contributed by atoms with Crippen molar-refractivity contribution in [2.45, 2.75) is 127 Å². The summed E-state index contributed by atoms with van der Waals surface area (Å²) >= 11 is 0. The molecule has 0 aliphatic carbocycles. The minimum absolute atomic E-state index is 0.142. The van der Waals surface area contributed by atoms with Gasteiger partial charge in [-0.15, -0.1) is 0 Å². The van der Waals surface area contributed by atoms with E-state index in [1.165, 1.54) is 22.1 Å². The van der Waals surface area contributed by atoms with Gasteiger partial charge in [-0.2, -0.15) is 10.2 Å². The Hall–Kier alpha value is -13.7. The predicted molar refractivity (Wildman–Crippen MR) is 463 cm³/mol. The minimum Gasteiger partial charge on any atom is -0.491 e. The highest BCUT2D eigenvalue weighted by atomic mass is 16.5. The summed E-state index contributed by atoms with van der Waals surface area (Å²) in [5, 5.41) is 21.7. The number of hydrogen-bond acceptors (Lipinski definition) is 11. The number of nitrogens with one attached hydrogen (secondary N) is 1. The third-order valence-corrected chi connectivity index (χ3v) is 19.0. The lowest BCUT2D eigenvalue weighted by Gasteiger charge is -2.14. The summed E-state index contributed by atoms with van der Waals surface area (Å²) in [7, 11) is 0. The molecular formula is C98H95N9O8. The molecule has 0 amide bonds. The molecule has 0 unspecified atom stereocenters. The number of aromatic nitrogens is 9. The van der Waals surface area contributed by atoms with Gasteiger partial charge in [-0.05, 0) is 310 Å². The first-order chi connectivity index (χ1) is 55.6. The zero-order chi connectivity index (χ0) is 80.4. The van der Waals surface area contributed by atoms with E-state index in [1.54, 1.807) is 30.5 Å². The first-order valence-corrected chi connectivity index (χ1v) is 39.0. The Labute approximate surface area is 670 Å². The first kappa shape index (κ1) is 78.0. The lowest BCUT2D eigenvalue weighted by Crippen LogP contribution is -2.05. The molecule has 17 aromatic rings. The fourth-order valence-corrected chi connectivity index (χ4v) is 13.8. The van der Waals surface area contributed by atoms with Crippen LogP contribution in [0.25, 0.3) is 122 Å². The van der Waals surface area contributed by atoms with Gasteiger partial charge in [-0.1, -0.05) is 78.9 Å². The van der Waals surface area contributed by atoms with Crippen LogP contribution in [0.1, 0.15) is 99.1 Å². The number of ether oxygens (including phenoxy) is 6. The average Bonchev–Trinajstić information content (AvgIpc) is 1.66. The molecule has 115 heavy (non-hydrogen) atoms. The van der Waals surface area contributed by atoms with Crippen molar-refractivity contribution in [2.24, 2.45) is 0 Å². The van der Waals surface area contributed by atoms with Gasteiger partial charge < -0.3 is 38.5 Å². The first-order valence-electron chi connectivity index (χ1n) is 39.0. The van der Waals surface area contributed by atoms with Crippen molar-refractivity contribution in [3.63, 3.8) is 0 Å². The Morgan fingerprint density at radius 1 is 0.348 bits per heavy atom. The summed E-state index contributed by atoms with van der Waals surface area (Å²) in [6.07, 6.45) is 12.5. The molecule has 7 heterocycles. The van der Waals surface area contributed by atoms with Gasteiger partial charge in [0.15, 0.2) is 0 Å². The maximum atomic E-state index is 11.1. The second kappa shape index (κ2) is 34.9. The third kappa shape index (κ3) is 18.8. The monoisotopic (exact) mass is 1530 g/mol. The molecule has 0 spiro atoms. The Balaban J connectivity index is 0.000000127. The highest BCUT2D eigenvalue weighted by molar-refractivity contribution is 5.91. The van der Waals surface area contributed by atoms with E-state index >= 15 is 0 Å². The Morgan fingerprint density at radius 3 is 1.18 bits per heavy atom. The maximum absolute atomic E-state index is 11.1. The Kier molecular flexibility index (Phi) is 23.7. The van der Waals surface area contributed by atoms with E-state index in [0.29, 0.717) is 0 Å². The van der Waals surface area contributed by atoms with Crippen LogP contribution < -0.4 is 28.4 Å². The van der Waals surface area contributed by atoms with Crippen molar-refractivity contribution in [1.29, 1.82) is 0 Å². The van der Waals surface area contributed by atoms with Crippen LogP contribution in [-0.4, -0.2) is 91.0 Å². The summed E-state index contributed by atoms with van der Waals surface area (Å²) in [6, 6.07) is 85.4. The highest BCUT2D eigenvalue weighted by Gasteiger charge is 2.17. The van der Waals surface area contributed by atoms with Crippen molar-refractivity contribution in [3.05, 3.63) is 303 Å². The van der Waals surface area contributed by atoms with E-state index in [4.69, 9.17) is 33.5 Å². The third-order valence-electron chi connectivity index (χ3n) is 19.0. The zero-order valence-corrected chi connectivity index (χ0v) is 67.1. The van der Waals surface area contributed by atoms with Gasteiger partial charge in [0.2, 0.25) is 0 Å². The van der Waals surface area contributed by atoms with Crippen LogP contribution in [0.15, 0.2) is 292 Å². The number of imidazole rings is 2. The standard InChI is InChI=1S/C26H28N2O2.C25H26N2O2.C24H21N3O.C23H20N2O3/c1-17(2)29-22-10-6-20(7-11-22)24-14-15-26-27-16-25(28(26)19(24)5)21-8-12-23(13-9-21)30-18(3)4;1-17(2)28-23-11-7-19(8-12-23)20-5-6-21-16-26-27(25(21)15-20)22-9-13-24(14-10-22)29-18(3)4;1-16(2)28-22-8-6-21(7-9-22)27-24-14-18(3-4-20(24)15-26-27)17-5-10-23-19(13-17)11-12-25-23;1-15(2)28-20-10-7-16(8-11-20)19-9-12-22-24-13-21(25(22)14-19)17-3-5-18(6-4-17)23(26)27/h6-18H,1-5H3;5-18H,1-4H3;3-16,25H,1-2H3;3-15H,1-2H3,(H,26,27). The van der Waals surface area contributed by atoms with Crippen molar-refractivity contribution >= 4 is 50.0 Å². The number of aromatic carboxylic acids is 1. The number of carboxylic acids is 1. The van der Waals surface area contributed by atoms with Gasteiger partial charge in [0.25, 0.3) is 0 Å². The summed E-state index contributed by atoms with van der Waals surface area (Å²) < 4.78 is 42.7. The molecule has 0 saturated heterocycles. The van der Waals surface area contributed by atoms with Gasteiger partial charge >= 0.3 is 5.97 Å². The second-order valence-corrected chi connectivity index (χ2v) is 29.9. The topological polar surface area (TPSA) is 179 Å². The van der Waals surface area contributed by atoms with E-state index in [2.05, 4.69) is 146 Å². The fourth-order valence-electron chi connectivity index (χ4n) is 13.8. The van der Waals surface area contributed by atoms with Gasteiger partial charge in [0, 0.05) is 51.1 Å². The van der Waals surface area contributed by atoms with Crippen LogP contribution in [-0.2, 0) is 0 Å². The Bertz CT molecular complexity index is 6130. The lowest BCUT2D eigenvalue weighted by atomic mass is 10.0. The molecule has 17 rings (SSSR count). The molecule has 17 nitrogen and oxygen atoms in total. The maximum Gasteiger partial charge on any atom is 0.335 e. The van der Waals surface area contributed by atoms with Crippen molar-refractivity contribution in [3.8, 4) is 113 Å². The van der Waals surface area contributed by atoms with E-state index < -0.39 is 5.97 Å². The number of aromatic amines is 1. The van der Waals surface area contributed by atoms with Gasteiger partial charge in [-0.3, -0.25) is 8.80 Å². The molecule has 0 saturated carbocycles. The predicted octanol–water partition coefficient (Wildman–Crippen LogP) is 23.9. The summed E-state index contributed by atoms with van der Waals surface area (Å²) in [6.45, 7) is 26.5. The molecule has 0 aliphatic rings. The SMILES string of the molecule is CC(C)Oc1ccc(-c2ccc3cnn(-c4ccc(OC(C)C)cc4)c3c2)cc1.CC(C)Oc1ccc(-c2ccc3ncc(-c4ccc(C(=O)O)cc4)n3c2)cc1.CC(C)Oc1ccc(-n2ncc3ccc(-c4ccc5[nH]ccc5c4)cc32)cc1.Cc1c(-c2ccc(OC(C)C)cc2)ccc2ncc(-c3ccc(OC(C)C)cc3)n12. The number of pyridine rings is 2. The number of benzene rings is 10. The molecule has 0 radical (unpaired) electrons. The average molecular weight is 1530 g/mol. The second-order valence-electron chi connectivity index (χ2n) is 29.9. The van der Waals surface area contributed by atoms with Crippen molar-refractivity contribution in [2.75, 3.05) is 0 Å². The van der Waals surface area contributed by atoms with E-state index in [-0.39, 0.29) is 42.2 Å². The number of H-pyrrole nitrogens is 1. The normalized spacial score (nSPS) is 11.4.